The number of rotatable bonds is 3. The van der Waals surface area contributed by atoms with Crippen LogP contribution in [-0.2, 0) is 20.6 Å². The molecule has 0 atom stereocenters. The van der Waals surface area contributed by atoms with E-state index in [2.05, 4.69) is 34.8 Å². The molecule has 0 radical (unpaired) electrons. The largest absolute Gasteiger partial charge is 0.332 e. The lowest BCUT2D eigenvalue weighted by molar-refractivity contribution is 0.517. The third-order valence-electron chi connectivity index (χ3n) is 3.23. The van der Waals surface area contributed by atoms with E-state index in [4.69, 9.17) is 0 Å². The molecular weight excluding hydrogens is 312 g/mol. The molecule has 0 aliphatic heterocycles. The Bertz CT molecular complexity index is 739. The minimum atomic E-state index is -0.362. The molecule has 2 rings (SSSR count). The second kappa shape index (κ2) is 4.96. The van der Waals surface area contributed by atoms with Gasteiger partial charge in [-0.1, -0.05) is 13.8 Å². The summed E-state index contributed by atoms with van der Waals surface area (Å²) in [5.41, 5.74) is 0.222. The molecule has 2 aromatic heterocycles. The van der Waals surface area contributed by atoms with Crippen molar-refractivity contribution in [2.75, 3.05) is 0 Å². The van der Waals surface area contributed by atoms with Gasteiger partial charge in [0.25, 0.3) is 5.56 Å². The first kappa shape index (κ1) is 14.0. The van der Waals surface area contributed by atoms with Gasteiger partial charge in [0.15, 0.2) is 15.9 Å². The highest BCUT2D eigenvalue weighted by molar-refractivity contribution is 9.10. The van der Waals surface area contributed by atoms with E-state index in [1.165, 1.54) is 11.6 Å². The number of fused-ring (bicyclic) bond motifs is 1. The summed E-state index contributed by atoms with van der Waals surface area (Å²) in [5.74, 6) is 0.528. The van der Waals surface area contributed by atoms with Gasteiger partial charge in [-0.05, 0) is 28.3 Å². The molecule has 0 aliphatic carbocycles. The lowest BCUT2D eigenvalue weighted by Crippen LogP contribution is -2.37. The average Bonchev–Trinajstić information content (AvgIpc) is 2.68. The molecule has 2 aromatic rings. The van der Waals surface area contributed by atoms with Crippen LogP contribution in [0.25, 0.3) is 11.2 Å². The van der Waals surface area contributed by atoms with E-state index in [0.717, 1.165) is 11.0 Å². The Labute approximate surface area is 118 Å². The Hall–Kier alpha value is -1.37. The monoisotopic (exact) mass is 328 g/mol. The van der Waals surface area contributed by atoms with E-state index >= 15 is 0 Å². The van der Waals surface area contributed by atoms with E-state index in [-0.39, 0.29) is 11.2 Å². The van der Waals surface area contributed by atoms with Crippen LogP contribution >= 0.6 is 15.9 Å². The van der Waals surface area contributed by atoms with Gasteiger partial charge in [0, 0.05) is 20.6 Å². The molecular formula is C12H17BrN4O2. The summed E-state index contributed by atoms with van der Waals surface area (Å²) in [6.45, 7) is 4.95. The van der Waals surface area contributed by atoms with Crippen molar-refractivity contribution in [2.24, 2.45) is 20.0 Å². The van der Waals surface area contributed by atoms with Crippen molar-refractivity contribution in [1.82, 2.24) is 18.7 Å². The van der Waals surface area contributed by atoms with Crippen LogP contribution in [0, 0.1) is 5.92 Å². The van der Waals surface area contributed by atoms with E-state index < -0.39 is 0 Å². The molecule has 0 spiro atoms. The summed E-state index contributed by atoms with van der Waals surface area (Å²) < 4.78 is 4.92. The number of nitrogens with zero attached hydrogens (tertiary/aromatic N) is 4. The third-order valence-corrected chi connectivity index (χ3v) is 3.84. The first-order valence-corrected chi connectivity index (χ1v) is 6.95. The predicted octanol–water partition coefficient (Wildman–Crippen LogP) is 1.24. The van der Waals surface area contributed by atoms with Crippen molar-refractivity contribution in [3.8, 4) is 0 Å². The van der Waals surface area contributed by atoms with Gasteiger partial charge in [-0.3, -0.25) is 13.9 Å². The molecule has 0 aromatic carbocycles. The SMILES string of the molecule is CC(C)CCn1c(Br)nc2c1c(=O)n(C)c(=O)n2C. The first-order valence-electron chi connectivity index (χ1n) is 6.16. The maximum absolute atomic E-state index is 12.2. The van der Waals surface area contributed by atoms with Crippen LogP contribution in [0.1, 0.15) is 20.3 Å². The summed E-state index contributed by atoms with van der Waals surface area (Å²) in [7, 11) is 3.11. The summed E-state index contributed by atoms with van der Waals surface area (Å²) in [6.07, 6.45) is 0.941. The van der Waals surface area contributed by atoms with Crippen molar-refractivity contribution in [1.29, 1.82) is 0 Å². The summed E-state index contributed by atoms with van der Waals surface area (Å²) in [5, 5.41) is 0. The van der Waals surface area contributed by atoms with Crippen LogP contribution in [0.3, 0.4) is 0 Å². The van der Waals surface area contributed by atoms with Gasteiger partial charge >= 0.3 is 5.69 Å². The maximum atomic E-state index is 12.2. The molecule has 0 aliphatic rings. The summed E-state index contributed by atoms with van der Waals surface area (Å²) >= 11 is 3.37. The smallest absolute Gasteiger partial charge is 0.313 e. The normalized spacial score (nSPS) is 11.7. The molecule has 104 valence electrons. The molecule has 0 amide bonds. The third kappa shape index (κ3) is 2.27. The molecule has 0 saturated heterocycles. The molecule has 2 heterocycles. The van der Waals surface area contributed by atoms with Crippen molar-refractivity contribution in [3.05, 3.63) is 25.6 Å². The fourth-order valence-corrected chi connectivity index (χ4v) is 2.53. The van der Waals surface area contributed by atoms with Crippen LogP contribution in [0.5, 0.6) is 0 Å². The van der Waals surface area contributed by atoms with E-state index in [1.807, 2.05) is 4.57 Å². The predicted molar refractivity (Wildman–Crippen MR) is 77.4 cm³/mol. The van der Waals surface area contributed by atoms with E-state index in [9.17, 15) is 9.59 Å². The van der Waals surface area contributed by atoms with Crippen molar-refractivity contribution in [3.63, 3.8) is 0 Å². The highest BCUT2D eigenvalue weighted by atomic mass is 79.9. The zero-order chi connectivity index (χ0) is 14.3. The molecule has 0 saturated carbocycles. The maximum Gasteiger partial charge on any atom is 0.332 e. The number of imidazole rings is 1. The van der Waals surface area contributed by atoms with Crippen LogP contribution in [0.2, 0.25) is 0 Å². The highest BCUT2D eigenvalue weighted by Gasteiger charge is 2.17. The molecule has 0 N–H and O–H groups in total. The number of hydrogen-bond donors (Lipinski definition) is 0. The molecule has 19 heavy (non-hydrogen) atoms. The molecule has 7 heteroatoms. The number of aryl methyl sites for hydroxylation is 2. The van der Waals surface area contributed by atoms with E-state index in [0.29, 0.717) is 28.4 Å². The van der Waals surface area contributed by atoms with Gasteiger partial charge < -0.3 is 4.57 Å². The Morgan fingerprint density at radius 2 is 1.84 bits per heavy atom. The average molecular weight is 329 g/mol. The number of hydrogen-bond acceptors (Lipinski definition) is 3. The fraction of sp³-hybridized carbons (Fsp3) is 0.583. The second-order valence-electron chi connectivity index (χ2n) is 5.09. The van der Waals surface area contributed by atoms with E-state index in [1.54, 1.807) is 7.05 Å². The fourth-order valence-electron chi connectivity index (χ4n) is 2.01. The molecule has 6 nitrogen and oxygen atoms in total. The highest BCUT2D eigenvalue weighted by Crippen LogP contribution is 2.17. The summed E-state index contributed by atoms with van der Waals surface area (Å²) in [4.78, 5) is 28.4. The minimum Gasteiger partial charge on any atom is -0.313 e. The lowest BCUT2D eigenvalue weighted by atomic mass is 10.1. The quantitative estimate of drug-likeness (QED) is 0.796. The number of aromatic nitrogens is 4. The molecule has 0 fully saturated rings. The van der Waals surface area contributed by atoms with Crippen molar-refractivity contribution in [2.45, 2.75) is 26.8 Å². The van der Waals surface area contributed by atoms with Gasteiger partial charge in [-0.2, -0.15) is 0 Å². The second-order valence-corrected chi connectivity index (χ2v) is 5.80. The van der Waals surface area contributed by atoms with Crippen LogP contribution in [-0.4, -0.2) is 18.7 Å². The zero-order valence-corrected chi connectivity index (χ0v) is 13.1. The van der Waals surface area contributed by atoms with Crippen molar-refractivity contribution >= 4 is 27.1 Å². The summed E-state index contributed by atoms with van der Waals surface area (Å²) in [6, 6.07) is 0. The van der Waals surface area contributed by atoms with Crippen LogP contribution in [0.15, 0.2) is 14.3 Å². The number of halogens is 1. The Morgan fingerprint density at radius 3 is 2.42 bits per heavy atom. The molecule has 0 bridgehead atoms. The zero-order valence-electron chi connectivity index (χ0n) is 11.5. The van der Waals surface area contributed by atoms with Crippen molar-refractivity contribution < 1.29 is 0 Å². The Balaban J connectivity index is 2.76. The lowest BCUT2D eigenvalue weighted by Gasteiger charge is -2.09. The molecule has 0 unspecified atom stereocenters. The van der Waals surface area contributed by atoms with Gasteiger partial charge in [0.05, 0.1) is 0 Å². The Morgan fingerprint density at radius 1 is 1.21 bits per heavy atom. The Kier molecular flexibility index (Phi) is 3.66. The van der Waals surface area contributed by atoms with Gasteiger partial charge in [-0.15, -0.1) is 0 Å². The first-order chi connectivity index (χ1) is 8.84. The topological polar surface area (TPSA) is 61.8 Å². The van der Waals surface area contributed by atoms with Crippen LogP contribution < -0.4 is 11.2 Å². The van der Waals surface area contributed by atoms with Gasteiger partial charge in [0.1, 0.15) is 0 Å². The minimum absolute atomic E-state index is 0.306. The van der Waals surface area contributed by atoms with Crippen LogP contribution in [0.4, 0.5) is 0 Å². The standard InChI is InChI=1S/C12H17BrN4O2/c1-7(2)5-6-17-8-9(14-11(17)13)15(3)12(19)16(4)10(8)18/h7H,5-6H2,1-4H3. The van der Waals surface area contributed by atoms with Gasteiger partial charge in [0.2, 0.25) is 0 Å². The van der Waals surface area contributed by atoms with Gasteiger partial charge in [-0.25, -0.2) is 9.78 Å².